The van der Waals surface area contributed by atoms with Gasteiger partial charge in [0.25, 0.3) is 0 Å². The molecule has 1 aliphatic heterocycles. The number of ether oxygens (including phenoxy) is 2. The van der Waals surface area contributed by atoms with Crippen LogP contribution in [0.2, 0.25) is 0 Å². The monoisotopic (exact) mass is 414 g/mol. The van der Waals surface area contributed by atoms with Crippen LogP contribution in [0.4, 0.5) is 10.9 Å². The maximum absolute atomic E-state index is 6.37. The van der Waals surface area contributed by atoms with Gasteiger partial charge in [-0.25, -0.2) is 4.98 Å². The number of morpholine rings is 1. The van der Waals surface area contributed by atoms with Gasteiger partial charge in [-0.3, -0.25) is 4.90 Å². The lowest BCUT2D eigenvalue weighted by molar-refractivity contribution is -0.00126. The Balaban J connectivity index is 1.28. The SMILES string of the molecule is Cc1cc(Nc2nc(O[C@H]3CC[C@H](N4CCOCC4)CC3)c3[nH]ccc3n2)sn1. The number of aromatic nitrogens is 4. The zero-order valence-corrected chi connectivity index (χ0v) is 17.4. The lowest BCUT2D eigenvalue weighted by Crippen LogP contribution is -2.46. The molecule has 2 N–H and O–H groups in total. The van der Waals surface area contributed by atoms with Gasteiger partial charge >= 0.3 is 0 Å². The van der Waals surface area contributed by atoms with Gasteiger partial charge in [-0.15, -0.1) is 0 Å². The number of hydrogen-bond donors (Lipinski definition) is 2. The summed E-state index contributed by atoms with van der Waals surface area (Å²) in [6.45, 7) is 5.79. The molecule has 4 heterocycles. The molecule has 5 rings (SSSR count). The Morgan fingerprint density at radius 2 is 2.03 bits per heavy atom. The first-order valence-corrected chi connectivity index (χ1v) is 11.1. The molecule has 3 aromatic heterocycles. The van der Waals surface area contributed by atoms with Crippen LogP contribution in [0.15, 0.2) is 18.3 Å². The zero-order valence-electron chi connectivity index (χ0n) is 16.6. The van der Waals surface area contributed by atoms with Crippen molar-refractivity contribution >= 4 is 33.5 Å². The molecule has 0 amide bonds. The van der Waals surface area contributed by atoms with Crippen LogP contribution in [0.25, 0.3) is 11.0 Å². The maximum Gasteiger partial charge on any atom is 0.243 e. The average molecular weight is 415 g/mol. The number of nitrogens with zero attached hydrogens (tertiary/aromatic N) is 4. The topological polar surface area (TPSA) is 88.2 Å². The summed E-state index contributed by atoms with van der Waals surface area (Å²) in [6, 6.07) is 4.59. The Morgan fingerprint density at radius 1 is 1.21 bits per heavy atom. The molecule has 1 saturated heterocycles. The highest BCUT2D eigenvalue weighted by molar-refractivity contribution is 7.10. The van der Waals surface area contributed by atoms with Crippen LogP contribution in [0.3, 0.4) is 0 Å². The third-order valence-electron chi connectivity index (χ3n) is 5.72. The third kappa shape index (κ3) is 4.22. The van der Waals surface area contributed by atoms with Crippen molar-refractivity contribution in [3.05, 3.63) is 24.0 Å². The van der Waals surface area contributed by atoms with Gasteiger partial charge in [0.05, 0.1) is 24.4 Å². The van der Waals surface area contributed by atoms with Gasteiger partial charge in [-0.05, 0) is 56.3 Å². The van der Waals surface area contributed by atoms with Crippen LogP contribution in [-0.4, -0.2) is 62.7 Å². The summed E-state index contributed by atoms with van der Waals surface area (Å²) in [5.74, 6) is 1.16. The van der Waals surface area contributed by atoms with E-state index in [-0.39, 0.29) is 6.10 Å². The van der Waals surface area contributed by atoms with Crippen molar-refractivity contribution < 1.29 is 9.47 Å². The molecule has 2 aliphatic rings. The molecule has 8 nitrogen and oxygen atoms in total. The smallest absolute Gasteiger partial charge is 0.243 e. The van der Waals surface area contributed by atoms with E-state index in [0.29, 0.717) is 17.9 Å². The molecule has 0 atom stereocenters. The summed E-state index contributed by atoms with van der Waals surface area (Å²) in [6.07, 6.45) is 6.48. The fourth-order valence-electron chi connectivity index (χ4n) is 4.22. The van der Waals surface area contributed by atoms with E-state index in [1.807, 2.05) is 25.3 Å². The number of rotatable bonds is 5. The van der Waals surface area contributed by atoms with E-state index in [4.69, 9.17) is 9.47 Å². The fourth-order valence-corrected chi connectivity index (χ4v) is 4.87. The molecule has 0 bridgehead atoms. The normalized spacial score (nSPS) is 23.3. The molecular formula is C20H26N6O2S. The van der Waals surface area contributed by atoms with Gasteiger partial charge in [0.15, 0.2) is 0 Å². The molecule has 2 fully saturated rings. The van der Waals surface area contributed by atoms with E-state index in [0.717, 1.165) is 73.7 Å². The molecule has 3 aromatic rings. The average Bonchev–Trinajstić information content (AvgIpc) is 3.38. The number of anilines is 2. The van der Waals surface area contributed by atoms with Gasteiger partial charge in [-0.2, -0.15) is 9.36 Å². The molecule has 154 valence electrons. The summed E-state index contributed by atoms with van der Waals surface area (Å²) in [5.41, 5.74) is 2.68. The second-order valence-electron chi connectivity index (χ2n) is 7.74. The third-order valence-corrected chi connectivity index (χ3v) is 6.52. The molecule has 0 radical (unpaired) electrons. The van der Waals surface area contributed by atoms with Crippen molar-refractivity contribution in [3.63, 3.8) is 0 Å². The van der Waals surface area contributed by atoms with Crippen LogP contribution >= 0.6 is 11.5 Å². The number of H-pyrrole nitrogens is 1. The van der Waals surface area contributed by atoms with Crippen molar-refractivity contribution in [3.8, 4) is 5.88 Å². The summed E-state index contributed by atoms with van der Waals surface area (Å²) in [5, 5.41) is 4.18. The van der Waals surface area contributed by atoms with Crippen molar-refractivity contribution in [2.24, 2.45) is 0 Å². The lowest BCUT2D eigenvalue weighted by atomic mass is 9.91. The van der Waals surface area contributed by atoms with E-state index < -0.39 is 0 Å². The Morgan fingerprint density at radius 3 is 2.79 bits per heavy atom. The van der Waals surface area contributed by atoms with Crippen molar-refractivity contribution in [2.75, 3.05) is 31.6 Å². The first kappa shape index (κ1) is 18.8. The standard InChI is InChI=1S/C20H26N6O2S/c1-13-12-17(29-25-13)23-20-22-16-6-7-21-18(16)19(24-20)28-15-4-2-14(3-5-15)26-8-10-27-11-9-26/h6-7,12,14-15,21H,2-5,8-11H2,1H3,(H,22,23,24)/t14-,15-. The van der Waals surface area contributed by atoms with E-state index in [1.165, 1.54) is 11.5 Å². The van der Waals surface area contributed by atoms with Gasteiger partial charge in [0, 0.05) is 25.3 Å². The molecular weight excluding hydrogens is 388 g/mol. The number of aromatic amines is 1. The van der Waals surface area contributed by atoms with Crippen LogP contribution in [0, 0.1) is 6.92 Å². The van der Waals surface area contributed by atoms with Gasteiger partial charge in [0.1, 0.15) is 16.6 Å². The number of hydrogen-bond acceptors (Lipinski definition) is 8. The van der Waals surface area contributed by atoms with Crippen molar-refractivity contribution in [1.29, 1.82) is 0 Å². The largest absolute Gasteiger partial charge is 0.473 e. The molecule has 29 heavy (non-hydrogen) atoms. The van der Waals surface area contributed by atoms with E-state index in [2.05, 4.69) is 29.5 Å². The van der Waals surface area contributed by atoms with Crippen molar-refractivity contribution in [2.45, 2.75) is 44.8 Å². The van der Waals surface area contributed by atoms with Gasteiger partial charge < -0.3 is 19.8 Å². The minimum absolute atomic E-state index is 0.187. The number of aryl methyl sites for hydroxylation is 1. The minimum atomic E-state index is 0.187. The van der Waals surface area contributed by atoms with Gasteiger partial charge in [0.2, 0.25) is 11.8 Å². The Bertz CT molecular complexity index is 959. The van der Waals surface area contributed by atoms with Gasteiger partial charge in [-0.1, -0.05) is 0 Å². The second kappa shape index (κ2) is 8.25. The summed E-state index contributed by atoms with van der Waals surface area (Å²) >= 11 is 1.40. The number of nitrogens with one attached hydrogen (secondary N) is 2. The predicted octanol–water partition coefficient (Wildman–Crippen LogP) is 3.49. The molecule has 0 aromatic carbocycles. The Kier molecular flexibility index (Phi) is 5.34. The van der Waals surface area contributed by atoms with Crippen molar-refractivity contribution in [1.82, 2.24) is 24.2 Å². The quantitative estimate of drug-likeness (QED) is 0.661. The molecule has 0 spiro atoms. The molecule has 1 saturated carbocycles. The minimum Gasteiger partial charge on any atom is -0.473 e. The van der Waals surface area contributed by atoms with Crippen LogP contribution < -0.4 is 10.1 Å². The zero-order chi connectivity index (χ0) is 19.6. The van der Waals surface area contributed by atoms with Crippen LogP contribution in [0.5, 0.6) is 5.88 Å². The first-order valence-electron chi connectivity index (χ1n) is 10.3. The van der Waals surface area contributed by atoms with E-state index in [1.54, 1.807) is 0 Å². The molecule has 0 unspecified atom stereocenters. The van der Waals surface area contributed by atoms with Crippen LogP contribution in [0.1, 0.15) is 31.4 Å². The summed E-state index contributed by atoms with van der Waals surface area (Å²) < 4.78 is 16.2. The molecule has 1 aliphatic carbocycles. The highest BCUT2D eigenvalue weighted by Gasteiger charge is 2.28. The summed E-state index contributed by atoms with van der Waals surface area (Å²) in [4.78, 5) is 15.1. The second-order valence-corrected chi connectivity index (χ2v) is 8.55. The first-order chi connectivity index (χ1) is 14.2. The summed E-state index contributed by atoms with van der Waals surface area (Å²) in [7, 11) is 0. The Hall–Kier alpha value is -2.23. The molecule has 9 heteroatoms. The highest BCUT2D eigenvalue weighted by Crippen LogP contribution is 2.30. The maximum atomic E-state index is 6.37. The lowest BCUT2D eigenvalue weighted by Gasteiger charge is -2.38. The number of fused-ring (bicyclic) bond motifs is 1. The Labute approximate surface area is 173 Å². The van der Waals surface area contributed by atoms with E-state index >= 15 is 0 Å². The van der Waals surface area contributed by atoms with E-state index in [9.17, 15) is 0 Å². The highest BCUT2D eigenvalue weighted by atomic mass is 32.1. The fraction of sp³-hybridized carbons (Fsp3) is 0.550. The predicted molar refractivity (Wildman–Crippen MR) is 113 cm³/mol. The van der Waals surface area contributed by atoms with Crippen LogP contribution in [-0.2, 0) is 4.74 Å².